The molecule has 0 heterocycles. The number of aromatic hydroxyl groups is 1. The highest BCUT2D eigenvalue weighted by atomic mass is 16.5. The minimum absolute atomic E-state index is 0.0745. The van der Waals surface area contributed by atoms with Gasteiger partial charge in [-0.05, 0) is 86.5 Å². The van der Waals surface area contributed by atoms with E-state index in [2.05, 4.69) is 27.0 Å². The molecule has 0 amide bonds. The van der Waals surface area contributed by atoms with E-state index in [-0.39, 0.29) is 22.5 Å². The lowest BCUT2D eigenvalue weighted by Crippen LogP contribution is -2.52. The third kappa shape index (κ3) is 5.78. The van der Waals surface area contributed by atoms with Crippen LogP contribution in [0.5, 0.6) is 5.75 Å². The second-order valence-corrected chi connectivity index (χ2v) is 10.9. The fourth-order valence-corrected chi connectivity index (χ4v) is 6.36. The number of allylic oxidation sites excluding steroid dienone is 1. The molecule has 0 radical (unpaired) electrons. The van der Waals surface area contributed by atoms with Crippen LogP contribution in [0.1, 0.15) is 71.3 Å². The van der Waals surface area contributed by atoms with Gasteiger partial charge in [0.15, 0.2) is 0 Å². The fourth-order valence-electron chi connectivity index (χ4n) is 6.36. The molecule has 33 heavy (non-hydrogen) atoms. The lowest BCUT2D eigenvalue weighted by atomic mass is 9.46. The van der Waals surface area contributed by atoms with Crippen LogP contribution in [0.3, 0.4) is 0 Å². The lowest BCUT2D eigenvalue weighted by molar-refractivity contribution is -0.149. The number of benzene rings is 1. The molecule has 4 nitrogen and oxygen atoms in total. The molecule has 2 saturated carbocycles. The summed E-state index contributed by atoms with van der Waals surface area (Å²) >= 11 is 0. The quantitative estimate of drug-likeness (QED) is 0.270. The lowest BCUT2D eigenvalue weighted by Gasteiger charge is -2.58. The van der Waals surface area contributed by atoms with Crippen LogP contribution in [0.25, 0.3) is 6.08 Å². The van der Waals surface area contributed by atoms with Crippen molar-refractivity contribution < 1.29 is 19.7 Å². The SMILES string of the molecule is C=CC(C)(O)CCC1C(=C)CCC2C(C)(COC(=O)C=Cc3ccc(O)cc3)CCCC12C. The van der Waals surface area contributed by atoms with E-state index in [4.69, 9.17) is 4.74 Å². The van der Waals surface area contributed by atoms with Gasteiger partial charge in [-0.15, -0.1) is 6.58 Å². The number of aliphatic hydroxyl groups is 1. The van der Waals surface area contributed by atoms with Crippen LogP contribution in [-0.2, 0) is 9.53 Å². The van der Waals surface area contributed by atoms with Crippen molar-refractivity contribution in [2.45, 2.75) is 71.3 Å². The van der Waals surface area contributed by atoms with E-state index in [9.17, 15) is 15.0 Å². The Hall–Kier alpha value is -2.33. The van der Waals surface area contributed by atoms with E-state index < -0.39 is 5.60 Å². The molecule has 1 aromatic carbocycles. The second kappa shape index (κ2) is 9.89. The number of phenols is 1. The van der Waals surface area contributed by atoms with Crippen molar-refractivity contribution in [1.82, 2.24) is 0 Å². The van der Waals surface area contributed by atoms with Crippen molar-refractivity contribution in [2.24, 2.45) is 22.7 Å². The van der Waals surface area contributed by atoms with Gasteiger partial charge < -0.3 is 14.9 Å². The van der Waals surface area contributed by atoms with E-state index in [0.29, 0.717) is 24.9 Å². The smallest absolute Gasteiger partial charge is 0.330 e. The Labute approximate surface area is 199 Å². The summed E-state index contributed by atoms with van der Waals surface area (Å²) in [6.07, 6.45) is 11.7. The van der Waals surface area contributed by atoms with Gasteiger partial charge in [0.25, 0.3) is 0 Å². The number of carbonyl (C=O) groups excluding carboxylic acids is 1. The van der Waals surface area contributed by atoms with E-state index in [0.717, 1.165) is 44.1 Å². The summed E-state index contributed by atoms with van der Waals surface area (Å²) in [5.41, 5.74) is 1.29. The van der Waals surface area contributed by atoms with E-state index in [1.807, 2.05) is 6.92 Å². The molecule has 1 aromatic rings. The zero-order valence-corrected chi connectivity index (χ0v) is 20.5. The van der Waals surface area contributed by atoms with Crippen LogP contribution >= 0.6 is 0 Å². The molecule has 2 N–H and O–H groups in total. The molecule has 2 aliphatic rings. The standard InChI is InChI=1S/C29H40O4/c1-6-28(4,32)19-16-24-21(2)8-14-25-27(3,17-7-18-29(24,25)5)20-33-26(31)15-11-22-9-12-23(30)13-10-22/h6,9-13,15,24-25,30,32H,1-2,7-8,14,16-20H2,3-5H3. The molecule has 2 aliphatic carbocycles. The maximum atomic E-state index is 12.5. The largest absolute Gasteiger partial charge is 0.508 e. The Kier molecular flexibility index (Phi) is 7.58. The number of carbonyl (C=O) groups is 1. The summed E-state index contributed by atoms with van der Waals surface area (Å²) in [6, 6.07) is 6.70. The summed E-state index contributed by atoms with van der Waals surface area (Å²) in [6.45, 7) is 15.1. The third-order valence-electron chi connectivity index (χ3n) is 8.37. The predicted octanol–water partition coefficient (Wildman–Crippen LogP) is 6.44. The predicted molar refractivity (Wildman–Crippen MR) is 134 cm³/mol. The van der Waals surface area contributed by atoms with E-state index >= 15 is 0 Å². The minimum atomic E-state index is -0.860. The minimum Gasteiger partial charge on any atom is -0.508 e. The Balaban J connectivity index is 1.68. The Morgan fingerprint density at radius 2 is 1.97 bits per heavy atom. The Morgan fingerprint density at radius 3 is 2.64 bits per heavy atom. The van der Waals surface area contributed by atoms with Crippen molar-refractivity contribution in [2.75, 3.05) is 6.61 Å². The van der Waals surface area contributed by atoms with Gasteiger partial charge in [-0.1, -0.05) is 50.6 Å². The summed E-state index contributed by atoms with van der Waals surface area (Å²) in [4.78, 5) is 12.5. The van der Waals surface area contributed by atoms with Crippen molar-refractivity contribution >= 4 is 12.0 Å². The van der Waals surface area contributed by atoms with Crippen LogP contribution in [0.15, 0.2) is 55.1 Å². The summed E-state index contributed by atoms with van der Waals surface area (Å²) < 4.78 is 5.77. The third-order valence-corrected chi connectivity index (χ3v) is 8.37. The first-order valence-electron chi connectivity index (χ1n) is 12.2. The Morgan fingerprint density at radius 1 is 1.27 bits per heavy atom. The van der Waals surface area contributed by atoms with E-state index in [1.54, 1.807) is 36.4 Å². The second-order valence-electron chi connectivity index (χ2n) is 10.9. The molecule has 0 aliphatic heterocycles. The molecular weight excluding hydrogens is 412 g/mol. The summed E-state index contributed by atoms with van der Waals surface area (Å²) in [7, 11) is 0. The molecule has 0 saturated heterocycles. The van der Waals surface area contributed by atoms with Gasteiger partial charge in [0.1, 0.15) is 5.75 Å². The molecule has 5 atom stereocenters. The summed E-state index contributed by atoms with van der Waals surface area (Å²) in [5.74, 6) is 0.657. The average Bonchev–Trinajstić information content (AvgIpc) is 2.76. The molecule has 180 valence electrons. The molecule has 0 bridgehead atoms. The number of phenolic OH excluding ortho intramolecular Hbond substituents is 1. The Bertz CT molecular complexity index is 897. The molecule has 0 spiro atoms. The van der Waals surface area contributed by atoms with Gasteiger partial charge in [-0.25, -0.2) is 4.79 Å². The zero-order chi connectivity index (χ0) is 24.3. The molecular formula is C29H40O4. The van der Waals surface area contributed by atoms with Crippen molar-refractivity contribution in [3.8, 4) is 5.75 Å². The topological polar surface area (TPSA) is 66.8 Å². The van der Waals surface area contributed by atoms with Gasteiger partial charge in [0, 0.05) is 11.5 Å². The number of fused-ring (bicyclic) bond motifs is 1. The van der Waals surface area contributed by atoms with Crippen LogP contribution < -0.4 is 0 Å². The molecule has 3 rings (SSSR count). The van der Waals surface area contributed by atoms with Crippen molar-refractivity contribution in [3.63, 3.8) is 0 Å². The van der Waals surface area contributed by atoms with Gasteiger partial charge in [0.05, 0.1) is 12.2 Å². The number of hydrogen-bond donors (Lipinski definition) is 2. The normalized spacial score (nSPS) is 31.6. The first-order valence-corrected chi connectivity index (χ1v) is 12.2. The number of ether oxygens (including phenoxy) is 1. The van der Waals surface area contributed by atoms with E-state index in [1.165, 1.54) is 11.6 Å². The first kappa shape index (κ1) is 25.3. The van der Waals surface area contributed by atoms with Gasteiger partial charge in [-0.2, -0.15) is 0 Å². The number of rotatable bonds is 8. The summed E-state index contributed by atoms with van der Waals surface area (Å²) in [5, 5.41) is 19.9. The molecule has 5 unspecified atom stereocenters. The van der Waals surface area contributed by atoms with Crippen LogP contribution in [0, 0.1) is 22.7 Å². The molecule has 4 heteroatoms. The maximum absolute atomic E-state index is 12.5. The average molecular weight is 453 g/mol. The van der Waals surface area contributed by atoms with Crippen LogP contribution in [0.4, 0.5) is 0 Å². The maximum Gasteiger partial charge on any atom is 0.330 e. The monoisotopic (exact) mass is 452 g/mol. The number of hydrogen-bond acceptors (Lipinski definition) is 4. The molecule has 2 fully saturated rings. The van der Waals surface area contributed by atoms with Gasteiger partial charge >= 0.3 is 5.97 Å². The zero-order valence-electron chi connectivity index (χ0n) is 20.5. The fraction of sp³-hybridized carbons (Fsp3) is 0.552. The van der Waals surface area contributed by atoms with Crippen molar-refractivity contribution in [3.05, 3.63) is 60.7 Å². The van der Waals surface area contributed by atoms with Gasteiger partial charge in [0.2, 0.25) is 0 Å². The van der Waals surface area contributed by atoms with Crippen LogP contribution in [0.2, 0.25) is 0 Å². The first-order chi connectivity index (χ1) is 15.5. The van der Waals surface area contributed by atoms with Crippen LogP contribution in [-0.4, -0.2) is 28.4 Å². The van der Waals surface area contributed by atoms with Gasteiger partial charge in [-0.3, -0.25) is 0 Å². The highest BCUT2D eigenvalue weighted by Crippen LogP contribution is 2.62. The number of esters is 1. The van der Waals surface area contributed by atoms with Crippen molar-refractivity contribution in [1.29, 1.82) is 0 Å². The molecule has 0 aromatic heterocycles. The highest BCUT2D eigenvalue weighted by Gasteiger charge is 2.54. The highest BCUT2D eigenvalue weighted by molar-refractivity contribution is 5.87.